The molecule has 0 spiro atoms. The number of nitrogens with two attached hydrogens (primary N) is 2. The molecule has 0 fully saturated rings. The molecule has 9 heteroatoms. The number of hydrogen-bond donors (Lipinski definition) is 5. The topological polar surface area (TPSA) is 156 Å². The first-order valence-electron chi connectivity index (χ1n) is 5.28. The van der Waals surface area contributed by atoms with Crippen molar-refractivity contribution in [2.24, 2.45) is 5.73 Å². The van der Waals surface area contributed by atoms with E-state index in [9.17, 15) is 9.90 Å². The molecule has 0 aliphatic heterocycles. The summed E-state index contributed by atoms with van der Waals surface area (Å²) in [4.78, 5) is 21.7. The summed E-state index contributed by atoms with van der Waals surface area (Å²) in [5.74, 6) is -0.0227. The predicted octanol–water partition coefficient (Wildman–Crippen LogP) is -2.62. The molecule has 0 bridgehead atoms. The standard InChI is InChI=1S/C9H14N6O3/c10-4(5(17)2-16)1-15-3-12-6-7(15)13-9(11)14-8(6)18/h3-5,16-17H,1-2,10H2,(H3,11,13,14,18)/t4-,5+/m0/s1. The second-order valence-electron chi connectivity index (χ2n) is 3.93. The maximum atomic E-state index is 11.5. The first-order valence-corrected chi connectivity index (χ1v) is 5.28. The maximum Gasteiger partial charge on any atom is 0.280 e. The van der Waals surface area contributed by atoms with Gasteiger partial charge >= 0.3 is 0 Å². The largest absolute Gasteiger partial charge is 0.394 e. The van der Waals surface area contributed by atoms with Gasteiger partial charge in [-0.1, -0.05) is 0 Å². The lowest BCUT2D eigenvalue weighted by molar-refractivity contribution is 0.0696. The highest BCUT2D eigenvalue weighted by Crippen LogP contribution is 2.07. The minimum atomic E-state index is -1.05. The average molecular weight is 254 g/mol. The van der Waals surface area contributed by atoms with Crippen molar-refractivity contribution >= 4 is 17.1 Å². The molecular weight excluding hydrogens is 240 g/mol. The number of aromatic amines is 1. The van der Waals surface area contributed by atoms with E-state index in [-0.39, 0.29) is 23.7 Å². The summed E-state index contributed by atoms with van der Waals surface area (Å²) in [5, 5.41) is 18.2. The summed E-state index contributed by atoms with van der Waals surface area (Å²) in [7, 11) is 0. The Morgan fingerprint density at radius 3 is 2.94 bits per heavy atom. The fraction of sp³-hybridized carbons (Fsp3) is 0.444. The third-order valence-electron chi connectivity index (χ3n) is 2.58. The van der Waals surface area contributed by atoms with E-state index in [4.69, 9.17) is 16.6 Å². The fourth-order valence-electron chi connectivity index (χ4n) is 1.59. The Kier molecular flexibility index (Phi) is 3.28. The zero-order chi connectivity index (χ0) is 13.3. The van der Waals surface area contributed by atoms with Gasteiger partial charge in [0.25, 0.3) is 5.56 Å². The summed E-state index contributed by atoms with van der Waals surface area (Å²) in [6.45, 7) is -0.280. The van der Waals surface area contributed by atoms with Crippen LogP contribution < -0.4 is 17.0 Å². The number of fused-ring (bicyclic) bond motifs is 1. The van der Waals surface area contributed by atoms with Crippen LogP contribution in [-0.4, -0.2) is 48.5 Å². The smallest absolute Gasteiger partial charge is 0.280 e. The molecule has 2 heterocycles. The van der Waals surface area contributed by atoms with E-state index < -0.39 is 24.3 Å². The van der Waals surface area contributed by atoms with Crippen molar-refractivity contribution in [3.05, 3.63) is 16.7 Å². The van der Waals surface area contributed by atoms with Gasteiger partial charge in [-0.05, 0) is 0 Å². The van der Waals surface area contributed by atoms with Crippen molar-refractivity contribution < 1.29 is 10.2 Å². The van der Waals surface area contributed by atoms with E-state index in [0.717, 1.165) is 0 Å². The molecular formula is C9H14N6O3. The zero-order valence-corrected chi connectivity index (χ0v) is 9.45. The number of rotatable bonds is 4. The average Bonchev–Trinajstić information content (AvgIpc) is 2.71. The Hall–Kier alpha value is -1.97. The molecule has 0 aromatic carbocycles. The lowest BCUT2D eigenvalue weighted by Gasteiger charge is -2.17. The van der Waals surface area contributed by atoms with Gasteiger partial charge in [0, 0.05) is 6.54 Å². The summed E-state index contributed by atoms with van der Waals surface area (Å²) < 4.78 is 1.50. The Morgan fingerprint density at radius 1 is 1.56 bits per heavy atom. The van der Waals surface area contributed by atoms with Crippen LogP contribution in [-0.2, 0) is 6.54 Å². The number of aliphatic hydroxyl groups is 2. The molecule has 0 saturated heterocycles. The van der Waals surface area contributed by atoms with Gasteiger partial charge in [0.1, 0.15) is 0 Å². The van der Waals surface area contributed by atoms with Gasteiger partial charge in [0.15, 0.2) is 11.2 Å². The van der Waals surface area contributed by atoms with E-state index in [1.54, 1.807) is 0 Å². The lowest BCUT2D eigenvalue weighted by Crippen LogP contribution is -2.40. The van der Waals surface area contributed by atoms with E-state index in [0.29, 0.717) is 0 Å². The van der Waals surface area contributed by atoms with Crippen molar-refractivity contribution in [3.63, 3.8) is 0 Å². The molecule has 2 rings (SSSR count). The van der Waals surface area contributed by atoms with Crippen molar-refractivity contribution in [1.29, 1.82) is 0 Å². The van der Waals surface area contributed by atoms with Crippen LogP contribution >= 0.6 is 0 Å². The molecule has 98 valence electrons. The van der Waals surface area contributed by atoms with Crippen LogP contribution in [0.2, 0.25) is 0 Å². The molecule has 18 heavy (non-hydrogen) atoms. The van der Waals surface area contributed by atoms with Crippen molar-refractivity contribution in [2.45, 2.75) is 18.7 Å². The lowest BCUT2D eigenvalue weighted by atomic mass is 10.2. The van der Waals surface area contributed by atoms with Gasteiger partial charge in [0.2, 0.25) is 5.95 Å². The Balaban J connectivity index is 2.38. The first kappa shape index (κ1) is 12.5. The van der Waals surface area contributed by atoms with Gasteiger partial charge in [-0.25, -0.2) is 4.98 Å². The second-order valence-corrected chi connectivity index (χ2v) is 3.93. The van der Waals surface area contributed by atoms with E-state index in [2.05, 4.69) is 15.0 Å². The molecule has 0 unspecified atom stereocenters. The molecule has 0 amide bonds. The van der Waals surface area contributed by atoms with Crippen LogP contribution in [0.25, 0.3) is 11.2 Å². The Morgan fingerprint density at radius 2 is 2.28 bits per heavy atom. The van der Waals surface area contributed by atoms with Gasteiger partial charge in [0.05, 0.1) is 25.1 Å². The number of aromatic nitrogens is 4. The third-order valence-corrected chi connectivity index (χ3v) is 2.58. The van der Waals surface area contributed by atoms with Gasteiger partial charge in [-0.2, -0.15) is 4.98 Å². The molecule has 2 atom stereocenters. The van der Waals surface area contributed by atoms with Gasteiger partial charge < -0.3 is 26.2 Å². The minimum Gasteiger partial charge on any atom is -0.394 e. The molecule has 2 aromatic heterocycles. The van der Waals surface area contributed by atoms with Crippen LogP contribution in [0.5, 0.6) is 0 Å². The summed E-state index contributed by atoms with van der Waals surface area (Å²) >= 11 is 0. The minimum absolute atomic E-state index is 0.0227. The highest BCUT2D eigenvalue weighted by molar-refractivity contribution is 5.70. The molecule has 0 aliphatic carbocycles. The molecule has 9 nitrogen and oxygen atoms in total. The molecule has 0 saturated carbocycles. The summed E-state index contributed by atoms with van der Waals surface area (Å²) in [5.41, 5.74) is 11.1. The molecule has 0 radical (unpaired) electrons. The molecule has 7 N–H and O–H groups in total. The van der Waals surface area contributed by atoms with E-state index in [1.165, 1.54) is 10.9 Å². The van der Waals surface area contributed by atoms with Crippen LogP contribution in [0.1, 0.15) is 0 Å². The van der Waals surface area contributed by atoms with Crippen molar-refractivity contribution in [2.75, 3.05) is 12.3 Å². The summed E-state index contributed by atoms with van der Waals surface area (Å²) in [6.07, 6.45) is 0.331. The van der Waals surface area contributed by atoms with Gasteiger partial charge in [-0.15, -0.1) is 0 Å². The van der Waals surface area contributed by atoms with Gasteiger partial charge in [-0.3, -0.25) is 9.78 Å². The SMILES string of the molecule is Nc1nc2c(ncn2C[C@H](N)[C@H](O)CO)c(=O)[nH]1. The number of anilines is 1. The Labute approximate surface area is 101 Å². The third kappa shape index (κ3) is 2.18. The number of imidazole rings is 1. The quantitative estimate of drug-likeness (QED) is 0.400. The first-order chi connectivity index (χ1) is 8.52. The van der Waals surface area contributed by atoms with E-state index >= 15 is 0 Å². The highest BCUT2D eigenvalue weighted by atomic mass is 16.3. The molecule has 0 aliphatic rings. The highest BCUT2D eigenvalue weighted by Gasteiger charge is 2.17. The Bertz CT molecular complexity index is 606. The van der Waals surface area contributed by atoms with E-state index in [1.807, 2.05) is 0 Å². The fourth-order valence-corrected chi connectivity index (χ4v) is 1.59. The van der Waals surface area contributed by atoms with Crippen molar-refractivity contribution in [3.8, 4) is 0 Å². The van der Waals surface area contributed by atoms with Crippen LogP contribution in [0.3, 0.4) is 0 Å². The number of nitrogens with one attached hydrogen (secondary N) is 1. The number of aliphatic hydroxyl groups excluding tert-OH is 2. The zero-order valence-electron chi connectivity index (χ0n) is 9.45. The number of nitrogen functional groups attached to an aromatic ring is 1. The normalized spacial score (nSPS) is 14.8. The number of H-pyrrole nitrogens is 1. The number of nitrogens with zero attached hydrogens (tertiary/aromatic N) is 3. The predicted molar refractivity (Wildman–Crippen MR) is 63.6 cm³/mol. The monoisotopic (exact) mass is 254 g/mol. The van der Waals surface area contributed by atoms with Crippen LogP contribution in [0, 0.1) is 0 Å². The summed E-state index contributed by atoms with van der Waals surface area (Å²) in [6, 6.07) is -0.699. The van der Waals surface area contributed by atoms with Crippen molar-refractivity contribution in [1.82, 2.24) is 19.5 Å². The molecule has 2 aromatic rings. The number of hydrogen-bond acceptors (Lipinski definition) is 7. The van der Waals surface area contributed by atoms with Crippen LogP contribution in [0.4, 0.5) is 5.95 Å². The van der Waals surface area contributed by atoms with Crippen LogP contribution in [0.15, 0.2) is 11.1 Å². The maximum absolute atomic E-state index is 11.5. The second kappa shape index (κ2) is 4.72.